The molecular weight excluding hydrogens is 306 g/mol. The first-order valence-electron chi connectivity index (χ1n) is 5.94. The second-order valence-corrected chi connectivity index (χ2v) is 5.37. The molecule has 0 radical (unpaired) electrons. The number of carbonyl (C=O) groups excluding carboxylic acids is 1. The van der Waals surface area contributed by atoms with Crippen LogP contribution in [-0.2, 0) is 6.54 Å². The Morgan fingerprint density at radius 3 is 2.63 bits per heavy atom. The molecule has 1 aromatic carbocycles. The fourth-order valence-electron chi connectivity index (χ4n) is 1.79. The fraction of sp³-hybridized carbons (Fsp3) is 0.200. The molecular formula is C15H14BrNO2. The summed E-state index contributed by atoms with van der Waals surface area (Å²) in [4.78, 5) is 24.0. The maximum absolute atomic E-state index is 12.2. The predicted octanol–water partition coefficient (Wildman–Crippen LogP) is 3.11. The Bertz CT molecular complexity index is 689. The Hall–Kier alpha value is -1.68. The molecule has 0 atom stereocenters. The Morgan fingerprint density at radius 1 is 1.21 bits per heavy atom. The van der Waals surface area contributed by atoms with E-state index in [1.165, 1.54) is 4.57 Å². The molecule has 0 saturated carbocycles. The number of rotatable bonds is 3. The molecule has 0 saturated heterocycles. The maximum atomic E-state index is 12.2. The van der Waals surface area contributed by atoms with Gasteiger partial charge in [-0.1, -0.05) is 12.1 Å². The summed E-state index contributed by atoms with van der Waals surface area (Å²) in [7, 11) is 0. The summed E-state index contributed by atoms with van der Waals surface area (Å²) < 4.78 is 1.87. The van der Waals surface area contributed by atoms with Crippen LogP contribution in [0.15, 0.2) is 45.8 Å². The summed E-state index contributed by atoms with van der Waals surface area (Å²) in [6, 6.07) is 8.99. The number of aryl methyl sites for hydroxylation is 2. The van der Waals surface area contributed by atoms with E-state index in [2.05, 4.69) is 15.9 Å². The van der Waals surface area contributed by atoms with Gasteiger partial charge in [0.05, 0.1) is 11.0 Å². The number of halogens is 1. The van der Waals surface area contributed by atoms with Gasteiger partial charge < -0.3 is 4.57 Å². The van der Waals surface area contributed by atoms with Gasteiger partial charge in [-0.25, -0.2) is 0 Å². The van der Waals surface area contributed by atoms with E-state index in [1.54, 1.807) is 24.4 Å². The van der Waals surface area contributed by atoms with Gasteiger partial charge in [0.25, 0.3) is 5.56 Å². The molecule has 1 heterocycles. The van der Waals surface area contributed by atoms with E-state index in [0.29, 0.717) is 10.0 Å². The lowest BCUT2D eigenvalue weighted by Crippen LogP contribution is -2.24. The highest BCUT2D eigenvalue weighted by Gasteiger charge is 2.09. The molecule has 0 amide bonds. The SMILES string of the molecule is Cc1ccc(C(=O)Cn2cccc(Br)c2=O)cc1C. The van der Waals surface area contributed by atoms with Gasteiger partial charge in [0.1, 0.15) is 0 Å². The number of Topliss-reactive ketones (excluding diaryl/α,β-unsaturated/α-hetero) is 1. The molecule has 1 aromatic heterocycles. The molecule has 4 heteroatoms. The van der Waals surface area contributed by atoms with Crippen LogP contribution >= 0.6 is 15.9 Å². The summed E-state index contributed by atoms with van der Waals surface area (Å²) in [6.45, 7) is 4.03. The number of aromatic nitrogens is 1. The van der Waals surface area contributed by atoms with Crippen molar-refractivity contribution in [2.75, 3.05) is 0 Å². The molecule has 3 nitrogen and oxygen atoms in total. The topological polar surface area (TPSA) is 39.1 Å². The van der Waals surface area contributed by atoms with Crippen molar-refractivity contribution in [2.24, 2.45) is 0 Å². The van der Waals surface area contributed by atoms with Crippen LogP contribution < -0.4 is 5.56 Å². The number of pyridine rings is 1. The number of nitrogens with zero attached hydrogens (tertiary/aromatic N) is 1. The third-order valence-electron chi connectivity index (χ3n) is 3.12. The van der Waals surface area contributed by atoms with Crippen molar-refractivity contribution in [3.05, 3.63) is 68.0 Å². The molecule has 0 spiro atoms. The fourth-order valence-corrected chi connectivity index (χ4v) is 2.17. The van der Waals surface area contributed by atoms with Gasteiger partial charge in [0.2, 0.25) is 0 Å². The first kappa shape index (κ1) is 13.7. The van der Waals surface area contributed by atoms with Crippen LogP contribution in [-0.4, -0.2) is 10.4 Å². The number of hydrogen-bond donors (Lipinski definition) is 0. The van der Waals surface area contributed by atoms with Crippen molar-refractivity contribution >= 4 is 21.7 Å². The van der Waals surface area contributed by atoms with Crippen LogP contribution in [0, 0.1) is 13.8 Å². The van der Waals surface area contributed by atoms with Crippen LogP contribution in [0.1, 0.15) is 21.5 Å². The third kappa shape index (κ3) is 3.01. The second kappa shape index (κ2) is 5.53. The van der Waals surface area contributed by atoms with Crippen LogP contribution in [0.3, 0.4) is 0 Å². The van der Waals surface area contributed by atoms with E-state index < -0.39 is 0 Å². The van der Waals surface area contributed by atoms with E-state index in [-0.39, 0.29) is 17.9 Å². The molecule has 98 valence electrons. The largest absolute Gasteiger partial charge is 0.307 e. The van der Waals surface area contributed by atoms with Gasteiger partial charge >= 0.3 is 0 Å². The number of hydrogen-bond acceptors (Lipinski definition) is 2. The van der Waals surface area contributed by atoms with Gasteiger partial charge in [0.15, 0.2) is 5.78 Å². The lowest BCUT2D eigenvalue weighted by Gasteiger charge is -2.07. The second-order valence-electron chi connectivity index (χ2n) is 4.51. The molecule has 0 aliphatic carbocycles. The summed E-state index contributed by atoms with van der Waals surface area (Å²) in [6.07, 6.45) is 1.62. The van der Waals surface area contributed by atoms with Crippen molar-refractivity contribution in [1.29, 1.82) is 0 Å². The number of benzene rings is 1. The zero-order valence-electron chi connectivity index (χ0n) is 10.8. The minimum absolute atomic E-state index is 0.0563. The summed E-state index contributed by atoms with van der Waals surface area (Å²) in [5.41, 5.74) is 2.67. The zero-order chi connectivity index (χ0) is 14.0. The van der Waals surface area contributed by atoms with Crippen LogP contribution in [0.2, 0.25) is 0 Å². The smallest absolute Gasteiger partial charge is 0.265 e. The number of ketones is 1. The quantitative estimate of drug-likeness (QED) is 0.815. The van der Waals surface area contributed by atoms with E-state index in [9.17, 15) is 9.59 Å². The predicted molar refractivity (Wildman–Crippen MR) is 78.6 cm³/mol. The molecule has 19 heavy (non-hydrogen) atoms. The molecule has 0 aliphatic rings. The summed E-state index contributed by atoms with van der Waals surface area (Å²) in [5, 5.41) is 0. The Balaban J connectivity index is 2.28. The van der Waals surface area contributed by atoms with Crippen molar-refractivity contribution in [3.63, 3.8) is 0 Å². The van der Waals surface area contributed by atoms with Crippen molar-refractivity contribution in [1.82, 2.24) is 4.57 Å². The normalized spacial score (nSPS) is 10.5. The molecule has 0 fully saturated rings. The Kier molecular flexibility index (Phi) is 4.00. The standard InChI is InChI=1S/C15H14BrNO2/c1-10-5-6-12(8-11(10)2)14(18)9-17-7-3-4-13(16)15(17)19/h3-8H,9H2,1-2H3. The molecule has 0 bridgehead atoms. The van der Waals surface area contributed by atoms with Gasteiger partial charge in [0, 0.05) is 11.8 Å². The minimum Gasteiger partial charge on any atom is -0.307 e. The molecule has 2 aromatic rings. The zero-order valence-corrected chi connectivity index (χ0v) is 12.4. The molecule has 0 aliphatic heterocycles. The van der Waals surface area contributed by atoms with Gasteiger partial charge in [-0.15, -0.1) is 0 Å². The highest BCUT2D eigenvalue weighted by Crippen LogP contribution is 2.11. The van der Waals surface area contributed by atoms with Crippen molar-refractivity contribution in [2.45, 2.75) is 20.4 Å². The summed E-state index contributed by atoms with van der Waals surface area (Å²) >= 11 is 3.17. The lowest BCUT2D eigenvalue weighted by molar-refractivity contribution is 0.0970. The monoisotopic (exact) mass is 319 g/mol. The van der Waals surface area contributed by atoms with Crippen molar-refractivity contribution < 1.29 is 4.79 Å². The third-order valence-corrected chi connectivity index (χ3v) is 3.72. The van der Waals surface area contributed by atoms with E-state index in [1.807, 2.05) is 26.0 Å². The molecule has 2 rings (SSSR count). The van der Waals surface area contributed by atoms with Crippen LogP contribution in [0.4, 0.5) is 0 Å². The molecule has 0 unspecified atom stereocenters. The first-order chi connectivity index (χ1) is 8.99. The van der Waals surface area contributed by atoms with Crippen LogP contribution in [0.5, 0.6) is 0 Å². The average molecular weight is 320 g/mol. The highest BCUT2D eigenvalue weighted by atomic mass is 79.9. The van der Waals surface area contributed by atoms with Gasteiger partial charge in [-0.3, -0.25) is 9.59 Å². The van der Waals surface area contributed by atoms with Crippen LogP contribution in [0.25, 0.3) is 0 Å². The van der Waals surface area contributed by atoms with Gasteiger partial charge in [-0.05, 0) is 59.1 Å². The van der Waals surface area contributed by atoms with E-state index in [4.69, 9.17) is 0 Å². The number of carbonyl (C=O) groups is 1. The summed E-state index contributed by atoms with van der Waals surface area (Å²) in [5.74, 6) is -0.0664. The lowest BCUT2D eigenvalue weighted by atomic mass is 10.0. The maximum Gasteiger partial charge on any atom is 0.265 e. The van der Waals surface area contributed by atoms with E-state index in [0.717, 1.165) is 11.1 Å². The first-order valence-corrected chi connectivity index (χ1v) is 6.74. The molecule has 0 N–H and O–H groups in total. The Labute approximate surface area is 120 Å². The van der Waals surface area contributed by atoms with E-state index >= 15 is 0 Å². The highest BCUT2D eigenvalue weighted by molar-refractivity contribution is 9.10. The average Bonchev–Trinajstić information content (AvgIpc) is 2.38. The Morgan fingerprint density at radius 2 is 1.95 bits per heavy atom. The minimum atomic E-state index is -0.195. The van der Waals surface area contributed by atoms with Crippen molar-refractivity contribution in [3.8, 4) is 0 Å². The van der Waals surface area contributed by atoms with Gasteiger partial charge in [-0.2, -0.15) is 0 Å².